The highest BCUT2D eigenvalue weighted by Gasteiger charge is 2.21. The molecule has 66 valence electrons. The largest absolute Gasteiger partial charge is 0.336 e. The normalized spacial score (nSPS) is 19.4. The topological polar surface area (TPSA) is 47.1 Å². The first-order valence-corrected chi connectivity index (χ1v) is 4.28. The van der Waals surface area contributed by atoms with Crippen molar-refractivity contribution in [2.45, 2.75) is 12.6 Å². The first-order chi connectivity index (χ1) is 5.84. The van der Waals surface area contributed by atoms with E-state index in [2.05, 4.69) is 14.5 Å². The van der Waals surface area contributed by atoms with Gasteiger partial charge < -0.3 is 10.3 Å². The highest BCUT2D eigenvalue weighted by Crippen LogP contribution is 2.04. The van der Waals surface area contributed by atoms with E-state index in [1.54, 1.807) is 0 Å². The lowest BCUT2D eigenvalue weighted by Crippen LogP contribution is -2.56. The minimum atomic E-state index is 0.410. The van der Waals surface area contributed by atoms with Crippen molar-refractivity contribution in [2.75, 3.05) is 19.6 Å². The van der Waals surface area contributed by atoms with Crippen molar-refractivity contribution in [3.8, 4) is 0 Å². The van der Waals surface area contributed by atoms with E-state index in [1.807, 2.05) is 18.7 Å². The second kappa shape index (κ2) is 3.25. The standard InChI is InChI=1S/C8H14N4/c9-8-5-12(6-8)4-3-11-2-1-10-7-11/h1-2,7-8H,3-6,9H2. The summed E-state index contributed by atoms with van der Waals surface area (Å²) in [5.74, 6) is 0. The highest BCUT2D eigenvalue weighted by molar-refractivity contribution is 4.83. The molecule has 2 rings (SSSR count). The number of nitrogens with two attached hydrogens (primary N) is 1. The number of likely N-dealkylation sites (tertiary alicyclic amines) is 1. The van der Waals surface area contributed by atoms with Gasteiger partial charge in [-0.2, -0.15) is 0 Å². The molecular formula is C8H14N4. The molecule has 4 heteroatoms. The van der Waals surface area contributed by atoms with Crippen molar-refractivity contribution in [3.63, 3.8) is 0 Å². The van der Waals surface area contributed by atoms with Crippen LogP contribution in [-0.4, -0.2) is 40.1 Å². The van der Waals surface area contributed by atoms with Crippen LogP contribution in [0.1, 0.15) is 0 Å². The van der Waals surface area contributed by atoms with Crippen molar-refractivity contribution < 1.29 is 0 Å². The van der Waals surface area contributed by atoms with E-state index in [1.165, 1.54) is 0 Å². The quantitative estimate of drug-likeness (QED) is 0.660. The average molecular weight is 166 g/mol. The Morgan fingerprint density at radius 1 is 1.42 bits per heavy atom. The van der Waals surface area contributed by atoms with E-state index in [4.69, 9.17) is 5.73 Å². The minimum absolute atomic E-state index is 0.410. The van der Waals surface area contributed by atoms with Gasteiger partial charge in [-0.05, 0) is 0 Å². The third-order valence-electron chi connectivity index (χ3n) is 2.22. The predicted octanol–water partition coefficient (Wildman–Crippen LogP) is -0.474. The Hall–Kier alpha value is -0.870. The number of aromatic nitrogens is 2. The summed E-state index contributed by atoms with van der Waals surface area (Å²) in [5.41, 5.74) is 5.66. The number of imidazole rings is 1. The highest BCUT2D eigenvalue weighted by atomic mass is 15.2. The van der Waals surface area contributed by atoms with Gasteiger partial charge in [0.15, 0.2) is 0 Å². The molecule has 0 atom stereocenters. The van der Waals surface area contributed by atoms with Crippen LogP contribution in [0.15, 0.2) is 18.7 Å². The fourth-order valence-corrected chi connectivity index (χ4v) is 1.47. The van der Waals surface area contributed by atoms with Crippen molar-refractivity contribution in [3.05, 3.63) is 18.7 Å². The third-order valence-corrected chi connectivity index (χ3v) is 2.22. The summed E-state index contributed by atoms with van der Waals surface area (Å²) in [4.78, 5) is 6.33. The Morgan fingerprint density at radius 3 is 2.83 bits per heavy atom. The van der Waals surface area contributed by atoms with Gasteiger partial charge in [0.1, 0.15) is 0 Å². The molecule has 0 bridgehead atoms. The molecule has 0 amide bonds. The Bertz CT molecular complexity index is 225. The lowest BCUT2D eigenvalue weighted by Gasteiger charge is -2.36. The molecule has 0 aliphatic carbocycles. The number of hydrogen-bond donors (Lipinski definition) is 1. The molecule has 12 heavy (non-hydrogen) atoms. The summed E-state index contributed by atoms with van der Waals surface area (Å²) in [6.45, 7) is 4.21. The Labute approximate surface area is 72.0 Å². The Morgan fingerprint density at radius 2 is 2.25 bits per heavy atom. The lowest BCUT2D eigenvalue weighted by molar-refractivity contribution is 0.145. The van der Waals surface area contributed by atoms with Crippen molar-refractivity contribution in [2.24, 2.45) is 5.73 Å². The Balaban J connectivity index is 1.70. The van der Waals surface area contributed by atoms with Gasteiger partial charge >= 0.3 is 0 Å². The van der Waals surface area contributed by atoms with E-state index in [9.17, 15) is 0 Å². The van der Waals surface area contributed by atoms with Gasteiger partial charge in [-0.1, -0.05) is 0 Å². The van der Waals surface area contributed by atoms with E-state index >= 15 is 0 Å². The molecule has 0 aromatic carbocycles. The van der Waals surface area contributed by atoms with Crippen LogP contribution in [0, 0.1) is 0 Å². The molecular weight excluding hydrogens is 152 g/mol. The van der Waals surface area contributed by atoms with Crippen LogP contribution in [0.25, 0.3) is 0 Å². The molecule has 0 radical (unpaired) electrons. The van der Waals surface area contributed by atoms with Crippen molar-refractivity contribution in [1.29, 1.82) is 0 Å². The fraction of sp³-hybridized carbons (Fsp3) is 0.625. The van der Waals surface area contributed by atoms with Crippen LogP contribution in [0.2, 0.25) is 0 Å². The van der Waals surface area contributed by atoms with Crippen LogP contribution in [0.5, 0.6) is 0 Å². The summed E-state index contributed by atoms with van der Waals surface area (Å²) >= 11 is 0. The molecule has 4 nitrogen and oxygen atoms in total. The predicted molar refractivity (Wildman–Crippen MR) is 46.6 cm³/mol. The molecule has 1 aromatic heterocycles. The van der Waals surface area contributed by atoms with E-state index in [0.29, 0.717) is 6.04 Å². The van der Waals surface area contributed by atoms with Crippen molar-refractivity contribution >= 4 is 0 Å². The van der Waals surface area contributed by atoms with Gasteiger partial charge in [-0.25, -0.2) is 4.98 Å². The van der Waals surface area contributed by atoms with Crippen molar-refractivity contribution in [1.82, 2.24) is 14.5 Å². The lowest BCUT2D eigenvalue weighted by atomic mass is 10.1. The van der Waals surface area contributed by atoms with Crippen LogP contribution in [0.4, 0.5) is 0 Å². The second-order valence-electron chi connectivity index (χ2n) is 3.32. The van der Waals surface area contributed by atoms with E-state index in [0.717, 1.165) is 26.2 Å². The molecule has 2 heterocycles. The van der Waals surface area contributed by atoms with E-state index < -0.39 is 0 Å². The zero-order chi connectivity index (χ0) is 8.39. The average Bonchev–Trinajstić information content (AvgIpc) is 2.47. The molecule has 1 saturated heterocycles. The molecule has 0 spiro atoms. The SMILES string of the molecule is NC1CN(CCn2ccnc2)C1. The summed E-state index contributed by atoms with van der Waals surface area (Å²) in [7, 11) is 0. The zero-order valence-corrected chi connectivity index (χ0v) is 7.06. The molecule has 0 unspecified atom stereocenters. The number of hydrogen-bond acceptors (Lipinski definition) is 3. The summed E-state index contributed by atoms with van der Waals surface area (Å²) in [6, 6.07) is 0.410. The fourth-order valence-electron chi connectivity index (χ4n) is 1.47. The van der Waals surface area contributed by atoms with Crippen LogP contribution in [0.3, 0.4) is 0 Å². The summed E-state index contributed by atoms with van der Waals surface area (Å²) < 4.78 is 2.09. The number of nitrogens with zero attached hydrogens (tertiary/aromatic N) is 3. The maximum atomic E-state index is 5.66. The molecule has 1 aromatic rings. The minimum Gasteiger partial charge on any atom is -0.336 e. The van der Waals surface area contributed by atoms with E-state index in [-0.39, 0.29) is 0 Å². The maximum Gasteiger partial charge on any atom is 0.0946 e. The smallest absolute Gasteiger partial charge is 0.0946 e. The monoisotopic (exact) mass is 166 g/mol. The molecule has 1 aliphatic rings. The third kappa shape index (κ3) is 1.65. The zero-order valence-electron chi connectivity index (χ0n) is 7.06. The maximum absolute atomic E-state index is 5.66. The van der Waals surface area contributed by atoms with Gasteiger partial charge in [-0.15, -0.1) is 0 Å². The number of rotatable bonds is 3. The van der Waals surface area contributed by atoms with Gasteiger partial charge in [0, 0.05) is 44.6 Å². The first-order valence-electron chi connectivity index (χ1n) is 4.28. The van der Waals surface area contributed by atoms with Gasteiger partial charge in [0.25, 0.3) is 0 Å². The molecule has 2 N–H and O–H groups in total. The van der Waals surface area contributed by atoms with Gasteiger partial charge in [-0.3, -0.25) is 4.90 Å². The van der Waals surface area contributed by atoms with Gasteiger partial charge in [0.05, 0.1) is 6.33 Å². The Kier molecular flexibility index (Phi) is 2.10. The van der Waals surface area contributed by atoms with Crippen LogP contribution >= 0.6 is 0 Å². The summed E-state index contributed by atoms with van der Waals surface area (Å²) in [5, 5.41) is 0. The second-order valence-corrected chi connectivity index (χ2v) is 3.32. The summed E-state index contributed by atoms with van der Waals surface area (Å²) in [6.07, 6.45) is 5.64. The molecule has 0 saturated carbocycles. The van der Waals surface area contributed by atoms with Gasteiger partial charge in [0.2, 0.25) is 0 Å². The van der Waals surface area contributed by atoms with Crippen LogP contribution in [-0.2, 0) is 6.54 Å². The first kappa shape index (κ1) is 7.76. The molecule has 1 aliphatic heterocycles. The van der Waals surface area contributed by atoms with Crippen LogP contribution < -0.4 is 5.73 Å². The molecule has 1 fully saturated rings.